The Bertz CT molecular complexity index is 1110. The molecule has 0 radical (unpaired) electrons. The van der Waals surface area contributed by atoms with Gasteiger partial charge in [0.05, 0.1) is 0 Å². The Morgan fingerprint density at radius 1 is 0.892 bits per heavy atom. The summed E-state index contributed by atoms with van der Waals surface area (Å²) in [6.45, 7) is 12.4. The second kappa shape index (κ2) is 13.8. The largest absolute Gasteiger partial charge is 0.333 e. The Morgan fingerprint density at radius 3 is 1.97 bits per heavy atom. The van der Waals surface area contributed by atoms with Gasteiger partial charge in [0.25, 0.3) is 0 Å². The average molecular weight is 513 g/mol. The molecular weight excluding hydrogens is 474 g/mol. The van der Waals surface area contributed by atoms with Crippen LogP contribution in [0.15, 0.2) is 55.1 Å². The molecule has 4 amide bonds. The number of carbonyl (C=O) groups excluding carboxylic acids is 3. The van der Waals surface area contributed by atoms with Crippen LogP contribution in [0.5, 0.6) is 0 Å². The third-order valence-electron chi connectivity index (χ3n) is 6.34. The van der Waals surface area contributed by atoms with Crippen molar-refractivity contribution in [2.75, 3.05) is 13.1 Å². The molecule has 1 saturated heterocycles. The molecule has 7 heteroatoms. The van der Waals surface area contributed by atoms with Crippen LogP contribution in [0.2, 0.25) is 0 Å². The van der Waals surface area contributed by atoms with Gasteiger partial charge in [-0.15, -0.1) is 0 Å². The van der Waals surface area contributed by atoms with Crippen molar-refractivity contribution in [3.8, 4) is 0 Å². The molecule has 2 fully saturated rings. The zero-order chi connectivity index (χ0) is 27.6. The topological polar surface area (TPSA) is 57.7 Å². The van der Waals surface area contributed by atoms with Crippen molar-refractivity contribution in [2.45, 2.75) is 71.6 Å². The maximum absolute atomic E-state index is 13.6. The molecule has 2 aromatic carbocycles. The monoisotopic (exact) mass is 512 g/mol. The predicted octanol–water partition coefficient (Wildman–Crippen LogP) is 7.11. The molecule has 200 valence electrons. The second-order valence-electron chi connectivity index (χ2n) is 9.16. The van der Waals surface area contributed by atoms with E-state index in [0.29, 0.717) is 17.6 Å². The fourth-order valence-corrected chi connectivity index (χ4v) is 4.20. The number of carbonyl (C=O) groups is 3. The fourth-order valence-electron chi connectivity index (χ4n) is 4.20. The van der Waals surface area contributed by atoms with Gasteiger partial charge in [-0.1, -0.05) is 65.0 Å². The standard InChI is InChI=1S/C25H24F2N2O3.C3H8.C2H6/c1-17(18-4-2-6-20(26)14-18)8-12-28-22(30)16-23(31)29(24(28)32)13-11-25(9-10-25)19-5-3-7-21(27)15-19;1-3-2;1-2/h2-7,14-15H,1,8-13,16H2;3H2,1-2H3;1-2H3. The number of barbiturate groups is 1. The van der Waals surface area contributed by atoms with Crippen molar-refractivity contribution in [3.63, 3.8) is 0 Å². The lowest BCUT2D eigenvalue weighted by Crippen LogP contribution is -2.55. The molecule has 2 aromatic rings. The van der Waals surface area contributed by atoms with Gasteiger partial charge in [0, 0.05) is 13.1 Å². The van der Waals surface area contributed by atoms with Crippen molar-refractivity contribution in [2.24, 2.45) is 0 Å². The molecule has 1 saturated carbocycles. The molecule has 5 nitrogen and oxygen atoms in total. The number of rotatable bonds is 8. The minimum Gasteiger partial charge on any atom is -0.274 e. The zero-order valence-corrected chi connectivity index (χ0v) is 22.4. The number of hydrogen-bond donors (Lipinski definition) is 0. The van der Waals surface area contributed by atoms with E-state index in [1.165, 1.54) is 30.7 Å². The van der Waals surface area contributed by atoms with Crippen molar-refractivity contribution in [1.29, 1.82) is 0 Å². The highest BCUT2D eigenvalue weighted by atomic mass is 19.1. The number of nitrogens with zero attached hydrogens (tertiary/aromatic N) is 2. The number of halogens is 2. The first-order valence-corrected chi connectivity index (χ1v) is 13.0. The van der Waals surface area contributed by atoms with Gasteiger partial charge in [-0.05, 0) is 72.1 Å². The lowest BCUT2D eigenvalue weighted by atomic mass is 9.92. The molecule has 0 spiro atoms. The molecule has 0 bridgehead atoms. The first-order chi connectivity index (χ1) is 17.7. The van der Waals surface area contributed by atoms with E-state index in [9.17, 15) is 23.2 Å². The molecule has 2 aliphatic rings. The summed E-state index contributed by atoms with van der Waals surface area (Å²) in [5, 5.41) is 0. The third kappa shape index (κ3) is 7.81. The summed E-state index contributed by atoms with van der Waals surface area (Å²) in [4.78, 5) is 39.9. The third-order valence-corrected chi connectivity index (χ3v) is 6.34. The van der Waals surface area contributed by atoms with Crippen molar-refractivity contribution in [1.82, 2.24) is 9.80 Å². The molecule has 0 N–H and O–H groups in total. The van der Waals surface area contributed by atoms with Crippen LogP contribution in [0.25, 0.3) is 5.57 Å². The Balaban J connectivity index is 0.000000898. The minimum atomic E-state index is -0.645. The first kappa shape index (κ1) is 29.9. The lowest BCUT2D eigenvalue weighted by molar-refractivity contribution is -0.142. The lowest BCUT2D eigenvalue weighted by Gasteiger charge is -2.33. The van der Waals surface area contributed by atoms with Crippen LogP contribution in [0.1, 0.15) is 77.3 Å². The summed E-state index contributed by atoms with van der Waals surface area (Å²) in [6, 6.07) is 11.7. The van der Waals surface area contributed by atoms with Gasteiger partial charge < -0.3 is 0 Å². The Hall–Kier alpha value is -3.35. The molecule has 0 atom stereocenters. The van der Waals surface area contributed by atoms with Crippen LogP contribution in [0, 0.1) is 11.6 Å². The highest BCUT2D eigenvalue weighted by Gasteiger charge is 2.46. The number of amides is 4. The van der Waals surface area contributed by atoms with E-state index in [0.717, 1.165) is 28.2 Å². The van der Waals surface area contributed by atoms with E-state index in [4.69, 9.17) is 0 Å². The molecule has 0 aromatic heterocycles. The van der Waals surface area contributed by atoms with E-state index in [-0.39, 0.29) is 37.2 Å². The number of imide groups is 2. The van der Waals surface area contributed by atoms with Crippen molar-refractivity contribution < 1.29 is 23.2 Å². The predicted molar refractivity (Wildman–Crippen MR) is 143 cm³/mol. The molecule has 1 aliphatic heterocycles. The van der Waals surface area contributed by atoms with Gasteiger partial charge in [0.15, 0.2) is 0 Å². The smallest absolute Gasteiger partial charge is 0.274 e. The summed E-state index contributed by atoms with van der Waals surface area (Å²) in [7, 11) is 0. The highest BCUT2D eigenvalue weighted by molar-refractivity contribution is 6.14. The minimum absolute atomic E-state index is 0.0613. The van der Waals surface area contributed by atoms with Crippen LogP contribution in [0.3, 0.4) is 0 Å². The Labute approximate surface area is 219 Å². The summed E-state index contributed by atoms with van der Waals surface area (Å²) in [6.07, 6.45) is 3.40. The van der Waals surface area contributed by atoms with Gasteiger partial charge in [-0.25, -0.2) is 13.6 Å². The highest BCUT2D eigenvalue weighted by Crippen LogP contribution is 2.51. The summed E-state index contributed by atoms with van der Waals surface area (Å²) in [5.74, 6) is -1.77. The maximum atomic E-state index is 13.6. The van der Waals surface area contributed by atoms with Gasteiger partial charge in [0.1, 0.15) is 18.1 Å². The zero-order valence-electron chi connectivity index (χ0n) is 22.4. The first-order valence-electron chi connectivity index (χ1n) is 13.0. The van der Waals surface area contributed by atoms with Crippen LogP contribution < -0.4 is 0 Å². The van der Waals surface area contributed by atoms with E-state index in [1.54, 1.807) is 18.2 Å². The summed E-state index contributed by atoms with van der Waals surface area (Å²) >= 11 is 0. The van der Waals surface area contributed by atoms with Crippen molar-refractivity contribution >= 4 is 23.4 Å². The average Bonchev–Trinajstić information content (AvgIpc) is 3.66. The van der Waals surface area contributed by atoms with Gasteiger partial charge in [0.2, 0.25) is 11.8 Å². The molecule has 1 heterocycles. The molecular formula is C30H38F2N2O3. The van der Waals surface area contributed by atoms with Crippen molar-refractivity contribution in [3.05, 3.63) is 77.9 Å². The van der Waals surface area contributed by atoms with Crippen LogP contribution >= 0.6 is 0 Å². The molecule has 4 rings (SSSR count). The Kier molecular flexibility index (Phi) is 11.2. The SMILES string of the molecule is C=C(CCN1C(=O)CC(=O)N(CCC2(c3cccc(F)c3)CC2)C1=O)c1cccc(F)c1.CC.CCC. The maximum Gasteiger partial charge on any atom is 0.333 e. The van der Waals surface area contributed by atoms with E-state index >= 15 is 0 Å². The quantitative estimate of drug-likeness (QED) is 0.354. The molecule has 1 aliphatic carbocycles. The summed E-state index contributed by atoms with van der Waals surface area (Å²) in [5.41, 5.74) is 1.83. The van der Waals surface area contributed by atoms with E-state index in [2.05, 4.69) is 20.4 Å². The molecule has 0 unspecified atom stereocenters. The molecule has 37 heavy (non-hydrogen) atoms. The summed E-state index contributed by atoms with van der Waals surface area (Å²) < 4.78 is 27.1. The van der Waals surface area contributed by atoms with Gasteiger partial charge in [-0.3, -0.25) is 19.4 Å². The second-order valence-corrected chi connectivity index (χ2v) is 9.16. The number of urea groups is 1. The number of benzene rings is 2. The van der Waals surface area contributed by atoms with Gasteiger partial charge in [-0.2, -0.15) is 0 Å². The van der Waals surface area contributed by atoms with Crippen LogP contribution in [-0.4, -0.2) is 40.7 Å². The fraction of sp³-hybridized carbons (Fsp3) is 0.433. The Morgan fingerprint density at radius 2 is 1.43 bits per heavy atom. The number of hydrogen-bond acceptors (Lipinski definition) is 3. The van der Waals surface area contributed by atoms with Gasteiger partial charge >= 0.3 is 6.03 Å². The van der Waals surface area contributed by atoms with E-state index in [1.807, 2.05) is 19.9 Å². The van der Waals surface area contributed by atoms with Crippen LogP contribution in [0.4, 0.5) is 13.6 Å². The van der Waals surface area contributed by atoms with Crippen LogP contribution in [-0.2, 0) is 15.0 Å². The van der Waals surface area contributed by atoms with E-state index < -0.39 is 23.7 Å². The normalized spacial score (nSPS) is 15.9.